The Morgan fingerprint density at radius 2 is 2.00 bits per heavy atom. The second kappa shape index (κ2) is 5.80. The van der Waals surface area contributed by atoms with Crippen LogP contribution in [0.4, 0.5) is 11.4 Å². The number of fused-ring (bicyclic) bond motifs is 3. The van der Waals surface area contributed by atoms with Crippen LogP contribution in [0, 0.1) is 16.0 Å². The molecule has 1 N–H and O–H groups in total. The van der Waals surface area contributed by atoms with E-state index in [1.54, 1.807) is 18.2 Å². The summed E-state index contributed by atoms with van der Waals surface area (Å²) in [5, 5.41) is 16.0. The molecular weight excluding hydrogens is 347 g/mol. The number of anilines is 1. The number of allylic oxidation sites excluding steroid dienone is 2. The van der Waals surface area contributed by atoms with E-state index in [1.807, 2.05) is 12.1 Å². The molecule has 6 heteroatoms. The monoisotopic (exact) mass is 360 g/mol. The van der Waals surface area contributed by atoms with E-state index in [-0.39, 0.29) is 28.5 Å². The zero-order valence-electron chi connectivity index (χ0n) is 12.6. The number of para-hydroxylation sites is 1. The van der Waals surface area contributed by atoms with Gasteiger partial charge in [-0.15, -0.1) is 0 Å². The first-order valence-corrected chi connectivity index (χ1v) is 8.47. The number of nitro benzene ring substituents is 1. The molecule has 1 aliphatic heterocycles. The number of hydrogen-bond donors (Lipinski definition) is 1. The quantitative estimate of drug-likeness (QED) is 0.422. The molecule has 4 rings (SSSR count). The fourth-order valence-electron chi connectivity index (χ4n) is 3.82. The van der Waals surface area contributed by atoms with E-state index >= 15 is 0 Å². The molecule has 0 unspecified atom stereocenters. The van der Waals surface area contributed by atoms with Crippen LogP contribution in [0.2, 0.25) is 10.0 Å². The van der Waals surface area contributed by atoms with E-state index in [4.69, 9.17) is 23.2 Å². The van der Waals surface area contributed by atoms with Gasteiger partial charge in [-0.3, -0.25) is 10.1 Å². The zero-order chi connectivity index (χ0) is 16.8. The van der Waals surface area contributed by atoms with Crippen molar-refractivity contribution in [1.82, 2.24) is 0 Å². The second-order valence-corrected chi connectivity index (χ2v) is 6.98. The van der Waals surface area contributed by atoms with Crippen LogP contribution >= 0.6 is 23.2 Å². The zero-order valence-corrected chi connectivity index (χ0v) is 14.1. The van der Waals surface area contributed by atoms with Gasteiger partial charge in [0, 0.05) is 22.0 Å². The maximum atomic E-state index is 11.4. The molecule has 0 saturated carbocycles. The minimum absolute atomic E-state index is 0.0941. The van der Waals surface area contributed by atoms with Gasteiger partial charge in [0.2, 0.25) is 0 Å². The van der Waals surface area contributed by atoms with Gasteiger partial charge < -0.3 is 5.32 Å². The topological polar surface area (TPSA) is 55.2 Å². The van der Waals surface area contributed by atoms with Gasteiger partial charge >= 0.3 is 0 Å². The van der Waals surface area contributed by atoms with Crippen LogP contribution in [0.15, 0.2) is 48.6 Å². The molecule has 2 aromatic rings. The van der Waals surface area contributed by atoms with E-state index in [1.165, 1.54) is 6.07 Å². The standard InChI is InChI=1S/C18H14Cl2N2O2/c19-10-7-8-14(15(20)9-10)17-12-4-1-3-11(12)13-5-2-6-16(22(23)24)18(13)21-17/h1-3,5-9,11-12,17,21H,4H2/t11-,12-,17-/m0/s1. The molecular formula is C18H14Cl2N2O2. The number of nitro groups is 1. The summed E-state index contributed by atoms with van der Waals surface area (Å²) in [6.45, 7) is 0. The number of halogens is 2. The summed E-state index contributed by atoms with van der Waals surface area (Å²) in [4.78, 5) is 11.1. The van der Waals surface area contributed by atoms with Crippen LogP contribution < -0.4 is 5.32 Å². The van der Waals surface area contributed by atoms with Crippen molar-refractivity contribution in [3.8, 4) is 0 Å². The van der Waals surface area contributed by atoms with E-state index in [2.05, 4.69) is 17.5 Å². The molecule has 0 radical (unpaired) electrons. The predicted molar refractivity (Wildman–Crippen MR) is 95.9 cm³/mol. The Morgan fingerprint density at radius 1 is 1.17 bits per heavy atom. The van der Waals surface area contributed by atoms with Crippen LogP contribution in [-0.2, 0) is 0 Å². The van der Waals surface area contributed by atoms with Crippen LogP contribution in [0.1, 0.15) is 29.5 Å². The highest BCUT2D eigenvalue weighted by atomic mass is 35.5. The molecule has 0 fully saturated rings. The van der Waals surface area contributed by atoms with E-state index in [0.29, 0.717) is 15.7 Å². The Balaban J connectivity index is 1.86. The first kappa shape index (κ1) is 15.5. The summed E-state index contributed by atoms with van der Waals surface area (Å²) in [6.07, 6.45) is 5.19. The van der Waals surface area contributed by atoms with Crippen LogP contribution in [0.25, 0.3) is 0 Å². The molecule has 2 aromatic carbocycles. The van der Waals surface area contributed by atoms with Crippen molar-refractivity contribution < 1.29 is 4.92 Å². The minimum Gasteiger partial charge on any atom is -0.372 e. The maximum Gasteiger partial charge on any atom is 0.292 e. The van der Waals surface area contributed by atoms with Crippen molar-refractivity contribution in [2.45, 2.75) is 18.4 Å². The molecule has 2 aliphatic rings. The lowest BCUT2D eigenvalue weighted by Gasteiger charge is -2.37. The number of nitrogens with zero attached hydrogens (tertiary/aromatic N) is 1. The summed E-state index contributed by atoms with van der Waals surface area (Å²) in [7, 11) is 0. The Kier molecular flexibility index (Phi) is 3.74. The van der Waals surface area contributed by atoms with Crippen molar-refractivity contribution >= 4 is 34.6 Å². The van der Waals surface area contributed by atoms with Gasteiger partial charge in [0.05, 0.1) is 11.0 Å². The summed E-state index contributed by atoms with van der Waals surface area (Å²) < 4.78 is 0. The molecule has 0 amide bonds. The molecule has 1 aliphatic carbocycles. The Hall–Kier alpha value is -2.04. The highest BCUT2D eigenvalue weighted by molar-refractivity contribution is 6.35. The van der Waals surface area contributed by atoms with Crippen LogP contribution in [0.5, 0.6) is 0 Å². The Morgan fingerprint density at radius 3 is 2.75 bits per heavy atom. The van der Waals surface area contributed by atoms with E-state index in [0.717, 1.165) is 17.5 Å². The first-order valence-electron chi connectivity index (χ1n) is 7.71. The Bertz CT molecular complexity index is 866. The largest absolute Gasteiger partial charge is 0.372 e. The van der Waals surface area contributed by atoms with Crippen molar-refractivity contribution in [1.29, 1.82) is 0 Å². The van der Waals surface area contributed by atoms with Crippen LogP contribution in [0.3, 0.4) is 0 Å². The SMILES string of the molecule is O=[N+]([O-])c1cccc2c1N[C@H](c1ccc(Cl)cc1Cl)[C@H]1CC=C[C@H]21. The molecule has 0 aromatic heterocycles. The highest BCUT2D eigenvalue weighted by Crippen LogP contribution is 2.52. The number of rotatable bonds is 2. The third kappa shape index (κ3) is 2.38. The van der Waals surface area contributed by atoms with Gasteiger partial charge in [-0.2, -0.15) is 0 Å². The Labute approximate surface area is 149 Å². The van der Waals surface area contributed by atoms with E-state index in [9.17, 15) is 10.1 Å². The summed E-state index contributed by atoms with van der Waals surface area (Å²) in [5.41, 5.74) is 2.58. The fraction of sp³-hybridized carbons (Fsp3) is 0.222. The van der Waals surface area contributed by atoms with Crippen molar-refractivity contribution in [2.75, 3.05) is 5.32 Å². The molecule has 3 atom stereocenters. The molecule has 0 saturated heterocycles. The number of benzene rings is 2. The van der Waals surface area contributed by atoms with Crippen LogP contribution in [-0.4, -0.2) is 4.92 Å². The van der Waals surface area contributed by atoms with Gasteiger partial charge in [0.15, 0.2) is 0 Å². The lowest BCUT2D eigenvalue weighted by molar-refractivity contribution is -0.384. The highest BCUT2D eigenvalue weighted by Gasteiger charge is 2.40. The number of nitrogens with one attached hydrogen (secondary N) is 1. The lowest BCUT2D eigenvalue weighted by atomic mass is 9.77. The normalized spacial score (nSPS) is 24.2. The average molecular weight is 361 g/mol. The van der Waals surface area contributed by atoms with Crippen molar-refractivity contribution in [2.24, 2.45) is 5.92 Å². The van der Waals surface area contributed by atoms with Gasteiger partial charge in [-0.1, -0.05) is 53.6 Å². The molecule has 122 valence electrons. The van der Waals surface area contributed by atoms with E-state index < -0.39 is 0 Å². The average Bonchev–Trinajstić information content (AvgIpc) is 3.03. The minimum atomic E-state index is -0.342. The molecule has 0 spiro atoms. The molecule has 1 heterocycles. The molecule has 4 nitrogen and oxygen atoms in total. The van der Waals surface area contributed by atoms with Crippen molar-refractivity contribution in [3.05, 3.63) is 79.8 Å². The third-order valence-electron chi connectivity index (χ3n) is 4.87. The fourth-order valence-corrected chi connectivity index (χ4v) is 4.34. The van der Waals surface area contributed by atoms with Gasteiger partial charge in [0.25, 0.3) is 5.69 Å². The number of hydrogen-bond acceptors (Lipinski definition) is 3. The summed E-state index contributed by atoms with van der Waals surface area (Å²) >= 11 is 12.4. The first-order chi connectivity index (χ1) is 11.6. The molecule has 24 heavy (non-hydrogen) atoms. The maximum absolute atomic E-state index is 11.4. The summed E-state index contributed by atoms with van der Waals surface area (Å²) in [6, 6.07) is 10.6. The summed E-state index contributed by atoms with van der Waals surface area (Å²) in [5.74, 6) is 0.427. The smallest absolute Gasteiger partial charge is 0.292 e. The van der Waals surface area contributed by atoms with Gasteiger partial charge in [-0.25, -0.2) is 0 Å². The van der Waals surface area contributed by atoms with Gasteiger partial charge in [0.1, 0.15) is 5.69 Å². The van der Waals surface area contributed by atoms with Crippen molar-refractivity contribution in [3.63, 3.8) is 0 Å². The third-order valence-corrected chi connectivity index (χ3v) is 5.43. The lowest BCUT2D eigenvalue weighted by Crippen LogP contribution is -2.29. The second-order valence-electron chi connectivity index (χ2n) is 6.14. The molecule has 0 bridgehead atoms. The van der Waals surface area contributed by atoms with Gasteiger partial charge in [-0.05, 0) is 35.6 Å². The predicted octanol–water partition coefficient (Wildman–Crippen LogP) is 5.73.